The van der Waals surface area contributed by atoms with E-state index in [9.17, 15) is 18.0 Å². The first-order valence-corrected chi connectivity index (χ1v) is 13.3. The lowest BCUT2D eigenvalue weighted by Gasteiger charge is -2.30. The van der Waals surface area contributed by atoms with Crippen molar-refractivity contribution in [3.05, 3.63) is 52.6 Å². The molecule has 0 bridgehead atoms. The molecule has 2 heterocycles. The summed E-state index contributed by atoms with van der Waals surface area (Å²) >= 11 is 7.57. The molecule has 0 amide bonds. The summed E-state index contributed by atoms with van der Waals surface area (Å²) in [6.45, 7) is 8.87. The second-order valence-corrected chi connectivity index (χ2v) is 11.2. The molecule has 0 aliphatic heterocycles. The monoisotopic (exact) mass is 557 g/mol. The molecule has 36 heavy (non-hydrogen) atoms. The molecule has 2 aromatic heterocycles. The van der Waals surface area contributed by atoms with Crippen LogP contribution in [0.3, 0.4) is 0 Å². The van der Waals surface area contributed by atoms with Gasteiger partial charge in [-0.25, -0.2) is 4.98 Å². The third-order valence-electron chi connectivity index (χ3n) is 4.96. The molecule has 3 aromatic rings. The summed E-state index contributed by atoms with van der Waals surface area (Å²) < 4.78 is 46.0. The van der Waals surface area contributed by atoms with Gasteiger partial charge in [-0.15, -0.1) is 11.3 Å². The van der Waals surface area contributed by atoms with E-state index in [4.69, 9.17) is 21.3 Å². The molecule has 0 spiro atoms. The molecule has 194 valence electrons. The zero-order valence-corrected chi connectivity index (χ0v) is 22.9. The van der Waals surface area contributed by atoms with E-state index in [1.807, 2.05) is 17.5 Å². The Morgan fingerprint density at radius 2 is 1.89 bits per heavy atom. The molecular weight excluding hydrogens is 531 g/mol. The number of benzene rings is 1. The van der Waals surface area contributed by atoms with Crippen molar-refractivity contribution in [2.75, 3.05) is 4.31 Å². The summed E-state index contributed by atoms with van der Waals surface area (Å²) in [6.07, 6.45) is 1.44. The van der Waals surface area contributed by atoms with Gasteiger partial charge in [-0.05, 0) is 49.6 Å². The first-order valence-electron chi connectivity index (χ1n) is 11.3. The number of aromatic nitrogens is 2. The molecule has 0 saturated heterocycles. The Kier molecular flexibility index (Phi) is 9.29. The van der Waals surface area contributed by atoms with Crippen LogP contribution >= 0.6 is 34.9 Å². The molecule has 0 fully saturated rings. The van der Waals surface area contributed by atoms with Gasteiger partial charge < -0.3 is 4.74 Å². The Balaban J connectivity index is 1.88. The van der Waals surface area contributed by atoms with Gasteiger partial charge in [0, 0.05) is 28.4 Å². The normalized spacial score (nSPS) is 12.8. The number of anilines is 1. The van der Waals surface area contributed by atoms with Crippen LogP contribution in [0.4, 0.5) is 18.9 Å². The molecule has 11 heteroatoms. The number of carbonyl (C=O) groups excluding carboxylic acids is 1. The Morgan fingerprint density at radius 1 is 1.17 bits per heavy atom. The number of pyridine rings is 1. The number of ether oxygens (including phenoxy) is 1. The zero-order valence-electron chi connectivity index (χ0n) is 20.5. The number of halogens is 4. The summed E-state index contributed by atoms with van der Waals surface area (Å²) in [6, 6.07) is 8.45. The molecule has 3 rings (SSSR count). The Morgan fingerprint density at radius 3 is 2.50 bits per heavy atom. The van der Waals surface area contributed by atoms with E-state index in [2.05, 4.69) is 18.8 Å². The highest BCUT2D eigenvalue weighted by Gasteiger charge is 2.36. The van der Waals surface area contributed by atoms with Crippen molar-refractivity contribution in [3.8, 4) is 21.8 Å². The van der Waals surface area contributed by atoms with Crippen LogP contribution in [0.25, 0.3) is 21.8 Å². The Labute approximate surface area is 222 Å². The number of esters is 1. The van der Waals surface area contributed by atoms with Crippen LogP contribution in [-0.4, -0.2) is 27.7 Å². The quantitative estimate of drug-likeness (QED) is 0.150. The van der Waals surface area contributed by atoms with Crippen molar-refractivity contribution in [2.45, 2.75) is 52.8 Å². The van der Waals surface area contributed by atoms with E-state index in [0.717, 1.165) is 27.0 Å². The maximum absolute atomic E-state index is 13.3. The fraction of sp³-hybridized carbons (Fsp3) is 0.400. The van der Waals surface area contributed by atoms with Gasteiger partial charge in [0.1, 0.15) is 5.01 Å². The first kappa shape index (κ1) is 28.3. The van der Waals surface area contributed by atoms with Crippen molar-refractivity contribution in [3.63, 3.8) is 0 Å². The van der Waals surface area contributed by atoms with Gasteiger partial charge in [-0.2, -0.15) is 13.2 Å². The predicted octanol–water partition coefficient (Wildman–Crippen LogP) is 8.24. The van der Waals surface area contributed by atoms with Crippen molar-refractivity contribution < 1.29 is 22.7 Å². The highest BCUT2D eigenvalue weighted by Crippen LogP contribution is 2.41. The summed E-state index contributed by atoms with van der Waals surface area (Å²) in [7, 11) is 0. The molecule has 1 unspecified atom stereocenters. The smallest absolute Gasteiger partial charge is 0.441 e. The highest BCUT2D eigenvalue weighted by atomic mass is 35.5. The highest BCUT2D eigenvalue weighted by molar-refractivity contribution is 8.01. The lowest BCUT2D eigenvalue weighted by molar-refractivity contribution is -0.151. The topological polar surface area (TPSA) is 55.3 Å². The van der Waals surface area contributed by atoms with Gasteiger partial charge in [-0.3, -0.25) is 14.1 Å². The van der Waals surface area contributed by atoms with E-state index in [1.165, 1.54) is 30.4 Å². The van der Waals surface area contributed by atoms with Crippen LogP contribution in [0.15, 0.2) is 41.9 Å². The molecule has 1 aromatic carbocycles. The van der Waals surface area contributed by atoms with Gasteiger partial charge in [0.25, 0.3) is 0 Å². The minimum absolute atomic E-state index is 0.151. The number of rotatable bonds is 9. The number of thiazole rings is 1. The van der Waals surface area contributed by atoms with Crippen LogP contribution in [0, 0.1) is 11.8 Å². The molecule has 1 atom stereocenters. The molecular formula is C25H27ClF3N3O2S2. The van der Waals surface area contributed by atoms with E-state index >= 15 is 0 Å². The minimum Gasteiger partial charge on any atom is -0.441 e. The molecule has 0 N–H and O–H groups in total. The standard InChI is InChI=1S/C25H27ClF3N3O2S2/c1-14(2)10-18-11-17(8-9-30-18)23-31-22(13-35-23)20-7-6-19(12-21(20)26)32(36-25(27,28)29)16(5)34-24(33)15(3)4/h6-9,11-16H,10H2,1-5H3. The molecule has 0 aliphatic rings. The SMILES string of the molecule is CC(C)Cc1cc(-c2nc(-c3ccc(N(SC(F)(F)F)C(C)OC(=O)C(C)C)cc3Cl)cs2)ccn1. The van der Waals surface area contributed by atoms with E-state index in [1.54, 1.807) is 26.1 Å². The third-order valence-corrected chi connectivity index (χ3v) is 7.07. The minimum atomic E-state index is -4.59. The summed E-state index contributed by atoms with van der Waals surface area (Å²) in [5.74, 6) is -0.596. The second-order valence-electron chi connectivity index (χ2n) is 8.89. The van der Waals surface area contributed by atoms with Crippen LogP contribution in [0.2, 0.25) is 5.02 Å². The van der Waals surface area contributed by atoms with Crippen molar-refractivity contribution >= 4 is 46.5 Å². The predicted molar refractivity (Wildman–Crippen MR) is 141 cm³/mol. The van der Waals surface area contributed by atoms with Gasteiger partial charge in [0.05, 0.1) is 34.3 Å². The lowest BCUT2D eigenvalue weighted by Crippen LogP contribution is -2.35. The maximum Gasteiger partial charge on any atom is 0.461 e. The van der Waals surface area contributed by atoms with Crippen LogP contribution < -0.4 is 4.31 Å². The number of hydrogen-bond acceptors (Lipinski definition) is 7. The summed E-state index contributed by atoms with van der Waals surface area (Å²) in [5.41, 5.74) is -1.31. The first-order chi connectivity index (χ1) is 16.8. The van der Waals surface area contributed by atoms with Crippen molar-refractivity contribution in [1.29, 1.82) is 0 Å². The third kappa shape index (κ3) is 7.60. The second kappa shape index (κ2) is 11.8. The number of hydrogen-bond donors (Lipinski definition) is 0. The van der Waals surface area contributed by atoms with Gasteiger partial charge >= 0.3 is 11.5 Å². The number of nitrogens with zero attached hydrogens (tertiary/aromatic N) is 3. The van der Waals surface area contributed by atoms with E-state index < -0.39 is 23.6 Å². The van der Waals surface area contributed by atoms with Gasteiger partial charge in [0.15, 0.2) is 6.23 Å². The fourth-order valence-corrected chi connectivity index (χ4v) is 5.04. The molecule has 0 aliphatic carbocycles. The Hall–Kier alpha value is -2.30. The largest absolute Gasteiger partial charge is 0.461 e. The van der Waals surface area contributed by atoms with E-state index in [-0.39, 0.29) is 22.7 Å². The zero-order chi connectivity index (χ0) is 26.6. The van der Waals surface area contributed by atoms with Crippen LogP contribution in [-0.2, 0) is 16.0 Å². The van der Waals surface area contributed by atoms with E-state index in [0.29, 0.717) is 17.2 Å². The Bertz CT molecular complexity index is 1200. The molecule has 5 nitrogen and oxygen atoms in total. The maximum atomic E-state index is 13.3. The van der Waals surface area contributed by atoms with Crippen molar-refractivity contribution in [2.24, 2.45) is 11.8 Å². The summed E-state index contributed by atoms with van der Waals surface area (Å²) in [4.78, 5) is 21.1. The average molecular weight is 558 g/mol. The van der Waals surface area contributed by atoms with Crippen LogP contribution in [0.5, 0.6) is 0 Å². The molecule has 0 radical (unpaired) electrons. The number of alkyl halides is 3. The van der Waals surface area contributed by atoms with Gasteiger partial charge in [-0.1, -0.05) is 39.3 Å². The van der Waals surface area contributed by atoms with Crippen LogP contribution in [0.1, 0.15) is 40.3 Å². The summed E-state index contributed by atoms with van der Waals surface area (Å²) in [5, 5.41) is 2.88. The fourth-order valence-electron chi connectivity index (χ4n) is 3.32. The number of carbonyl (C=O) groups is 1. The average Bonchev–Trinajstić information content (AvgIpc) is 3.26. The molecule has 0 saturated carbocycles. The van der Waals surface area contributed by atoms with Gasteiger partial charge in [0.2, 0.25) is 0 Å². The lowest BCUT2D eigenvalue weighted by atomic mass is 10.1. The van der Waals surface area contributed by atoms with Crippen molar-refractivity contribution in [1.82, 2.24) is 9.97 Å².